The van der Waals surface area contributed by atoms with Crippen LogP contribution in [0.3, 0.4) is 0 Å². The van der Waals surface area contributed by atoms with Gasteiger partial charge in [0.2, 0.25) is 0 Å². The fourth-order valence-corrected chi connectivity index (χ4v) is 3.45. The first-order valence-corrected chi connectivity index (χ1v) is 9.82. The Balaban J connectivity index is 1.63. The average Bonchev–Trinajstić information content (AvgIpc) is 3.23. The van der Waals surface area contributed by atoms with Crippen LogP contribution in [0.4, 0.5) is 13.2 Å². The number of ether oxygens (including phenoxy) is 2. The minimum absolute atomic E-state index is 0.173. The van der Waals surface area contributed by atoms with E-state index in [1.165, 1.54) is 22.4 Å². The van der Waals surface area contributed by atoms with Crippen LogP contribution in [-0.2, 0) is 6.18 Å². The normalized spacial score (nSPS) is 11.2. The van der Waals surface area contributed by atoms with Gasteiger partial charge < -0.3 is 14.4 Å². The molecule has 0 N–H and O–H groups in total. The van der Waals surface area contributed by atoms with Crippen LogP contribution in [-0.4, -0.2) is 43.1 Å². The lowest BCUT2D eigenvalue weighted by atomic mass is 10.1. The molecule has 9 heteroatoms. The van der Waals surface area contributed by atoms with Crippen LogP contribution >= 0.6 is 11.3 Å². The molecule has 3 aromatic rings. The number of thiazole rings is 1. The summed E-state index contributed by atoms with van der Waals surface area (Å²) in [6.07, 6.45) is -4.44. The molecule has 0 saturated carbocycles. The van der Waals surface area contributed by atoms with Gasteiger partial charge >= 0.3 is 6.18 Å². The fourth-order valence-electron chi connectivity index (χ4n) is 2.66. The van der Waals surface area contributed by atoms with Gasteiger partial charge in [-0.15, -0.1) is 11.3 Å². The van der Waals surface area contributed by atoms with E-state index < -0.39 is 11.7 Å². The molecule has 3 rings (SSSR count). The quantitative estimate of drug-likeness (QED) is 0.524. The van der Waals surface area contributed by atoms with Crippen molar-refractivity contribution in [2.75, 3.05) is 27.3 Å². The molecule has 1 heterocycles. The lowest BCUT2D eigenvalue weighted by molar-refractivity contribution is -0.137. The van der Waals surface area contributed by atoms with Crippen LogP contribution in [0.5, 0.6) is 11.5 Å². The number of carbonyl (C=O) groups excluding carboxylic acids is 1. The molecule has 30 heavy (non-hydrogen) atoms. The van der Waals surface area contributed by atoms with Gasteiger partial charge in [0.25, 0.3) is 5.91 Å². The Hall–Kier alpha value is -3.07. The maximum absolute atomic E-state index is 12.9. The van der Waals surface area contributed by atoms with E-state index in [9.17, 15) is 18.0 Å². The molecule has 0 unspecified atom stereocenters. The van der Waals surface area contributed by atoms with Crippen molar-refractivity contribution in [1.82, 2.24) is 9.88 Å². The van der Waals surface area contributed by atoms with Crippen molar-refractivity contribution < 1.29 is 27.4 Å². The van der Waals surface area contributed by atoms with Crippen molar-refractivity contribution in [1.29, 1.82) is 0 Å². The monoisotopic (exact) mass is 436 g/mol. The highest BCUT2D eigenvalue weighted by atomic mass is 32.1. The number of amides is 1. The summed E-state index contributed by atoms with van der Waals surface area (Å²) in [6.45, 7) is 0.542. The summed E-state index contributed by atoms with van der Waals surface area (Å²) in [6, 6.07) is 12.1. The molecule has 0 radical (unpaired) electrons. The molecule has 0 spiro atoms. The molecule has 0 saturated heterocycles. The number of halogens is 3. The van der Waals surface area contributed by atoms with Crippen molar-refractivity contribution >= 4 is 17.2 Å². The first kappa shape index (κ1) is 21.6. The predicted molar refractivity (Wildman–Crippen MR) is 108 cm³/mol. The third-order valence-electron chi connectivity index (χ3n) is 4.26. The molecule has 0 aliphatic rings. The van der Waals surface area contributed by atoms with Gasteiger partial charge in [-0.3, -0.25) is 4.79 Å². The molecule has 0 aliphatic carbocycles. The number of carbonyl (C=O) groups is 1. The Labute approximate surface area is 175 Å². The number of likely N-dealkylation sites (N-methyl/N-ethyl adjacent to an activating group) is 1. The number of alkyl halides is 3. The van der Waals surface area contributed by atoms with Crippen LogP contribution in [0, 0.1) is 0 Å². The number of para-hydroxylation sites is 2. The highest BCUT2D eigenvalue weighted by Gasteiger charge is 2.30. The lowest BCUT2D eigenvalue weighted by Crippen LogP contribution is -2.31. The number of aromatic nitrogens is 1. The predicted octanol–water partition coefficient (Wildman–Crippen LogP) is 4.99. The van der Waals surface area contributed by atoms with Crippen LogP contribution in [0.25, 0.3) is 10.6 Å². The first-order chi connectivity index (χ1) is 14.3. The third-order valence-corrected chi connectivity index (χ3v) is 5.15. The van der Waals surface area contributed by atoms with Crippen molar-refractivity contribution in [3.8, 4) is 22.1 Å². The minimum Gasteiger partial charge on any atom is -0.493 e. The van der Waals surface area contributed by atoms with Crippen LogP contribution in [0.2, 0.25) is 0 Å². The van der Waals surface area contributed by atoms with Crippen molar-refractivity contribution in [2.24, 2.45) is 0 Å². The first-order valence-electron chi connectivity index (χ1n) is 8.94. The SMILES string of the molecule is COc1ccccc1OCCN(C)C(=O)c1csc(-c2cccc(C(F)(F)F)c2)n1. The summed E-state index contributed by atoms with van der Waals surface area (Å²) < 4.78 is 49.6. The summed E-state index contributed by atoms with van der Waals surface area (Å²) in [7, 11) is 3.15. The smallest absolute Gasteiger partial charge is 0.416 e. The highest BCUT2D eigenvalue weighted by Crippen LogP contribution is 2.33. The number of hydrogen-bond acceptors (Lipinski definition) is 5. The molecule has 0 aliphatic heterocycles. The van der Waals surface area contributed by atoms with Gasteiger partial charge in [-0.2, -0.15) is 13.2 Å². The summed E-state index contributed by atoms with van der Waals surface area (Å²) >= 11 is 1.12. The van der Waals surface area contributed by atoms with Gasteiger partial charge in [0.1, 0.15) is 17.3 Å². The Morgan fingerprint density at radius 1 is 1.13 bits per heavy atom. The van der Waals surface area contributed by atoms with Crippen LogP contribution in [0.1, 0.15) is 16.1 Å². The zero-order valence-electron chi connectivity index (χ0n) is 16.3. The molecule has 0 bridgehead atoms. The zero-order valence-corrected chi connectivity index (χ0v) is 17.1. The molecule has 0 atom stereocenters. The standard InChI is InChI=1S/C21H19F3N2O3S/c1-26(10-11-29-18-9-4-3-8-17(18)28-2)20(27)16-13-30-19(25-16)14-6-5-7-15(12-14)21(22,23)24/h3-9,12-13H,10-11H2,1-2H3. The van der Waals surface area contributed by atoms with Gasteiger partial charge in [0.05, 0.1) is 19.2 Å². The van der Waals surface area contributed by atoms with E-state index in [1.54, 1.807) is 26.3 Å². The zero-order chi connectivity index (χ0) is 21.7. The summed E-state index contributed by atoms with van der Waals surface area (Å²) in [5.41, 5.74) is -0.267. The number of benzene rings is 2. The largest absolute Gasteiger partial charge is 0.493 e. The Morgan fingerprint density at radius 3 is 2.57 bits per heavy atom. The number of methoxy groups -OCH3 is 1. The lowest BCUT2D eigenvalue weighted by Gasteiger charge is -2.17. The Kier molecular flexibility index (Phi) is 6.61. The maximum atomic E-state index is 12.9. The van der Waals surface area contributed by atoms with E-state index in [4.69, 9.17) is 9.47 Å². The Morgan fingerprint density at radius 2 is 1.87 bits per heavy atom. The number of rotatable bonds is 7. The maximum Gasteiger partial charge on any atom is 0.416 e. The molecular formula is C21H19F3N2O3S. The van der Waals surface area contributed by atoms with E-state index in [2.05, 4.69) is 4.98 Å². The average molecular weight is 436 g/mol. The molecule has 0 fully saturated rings. The summed E-state index contributed by atoms with van der Waals surface area (Å²) in [4.78, 5) is 18.3. The van der Waals surface area contributed by atoms with E-state index in [-0.39, 0.29) is 18.2 Å². The molecule has 2 aromatic carbocycles. The van der Waals surface area contributed by atoms with Crippen molar-refractivity contribution in [3.05, 3.63) is 65.2 Å². The molecule has 158 valence electrons. The molecule has 5 nitrogen and oxygen atoms in total. The molecule has 1 amide bonds. The number of hydrogen-bond donors (Lipinski definition) is 0. The third kappa shape index (κ3) is 5.10. The van der Waals surface area contributed by atoms with Gasteiger partial charge in [-0.05, 0) is 24.3 Å². The second-order valence-electron chi connectivity index (χ2n) is 6.34. The second-order valence-corrected chi connectivity index (χ2v) is 7.20. The van der Waals surface area contributed by atoms with Gasteiger partial charge in [-0.25, -0.2) is 4.98 Å². The van der Waals surface area contributed by atoms with E-state index >= 15 is 0 Å². The van der Waals surface area contributed by atoms with Crippen LogP contribution < -0.4 is 9.47 Å². The summed E-state index contributed by atoms with van der Waals surface area (Å²) in [5, 5.41) is 1.89. The van der Waals surface area contributed by atoms with Gasteiger partial charge in [0.15, 0.2) is 11.5 Å². The molecule has 1 aromatic heterocycles. The topological polar surface area (TPSA) is 51.7 Å². The highest BCUT2D eigenvalue weighted by molar-refractivity contribution is 7.13. The van der Waals surface area contributed by atoms with Gasteiger partial charge in [0, 0.05) is 18.0 Å². The Bertz CT molecular complexity index is 1020. The fraction of sp³-hybridized carbons (Fsp3) is 0.238. The molecular weight excluding hydrogens is 417 g/mol. The van der Waals surface area contributed by atoms with Crippen molar-refractivity contribution in [2.45, 2.75) is 6.18 Å². The second kappa shape index (κ2) is 9.17. The van der Waals surface area contributed by atoms with Crippen LogP contribution in [0.15, 0.2) is 53.9 Å². The minimum atomic E-state index is -4.44. The summed E-state index contributed by atoms with van der Waals surface area (Å²) in [5.74, 6) is 0.825. The van der Waals surface area contributed by atoms with Gasteiger partial charge in [-0.1, -0.05) is 24.3 Å². The van der Waals surface area contributed by atoms with Crippen molar-refractivity contribution in [3.63, 3.8) is 0 Å². The van der Waals surface area contributed by atoms with E-state index in [0.29, 0.717) is 28.6 Å². The van der Waals surface area contributed by atoms with E-state index in [0.717, 1.165) is 23.5 Å². The number of nitrogens with zero attached hydrogens (tertiary/aromatic N) is 2. The van der Waals surface area contributed by atoms with E-state index in [1.807, 2.05) is 12.1 Å².